The highest BCUT2D eigenvalue weighted by Crippen LogP contribution is 2.13. The van der Waals surface area contributed by atoms with Crippen LogP contribution in [0.3, 0.4) is 0 Å². The lowest BCUT2D eigenvalue weighted by atomic mass is 10.2. The Kier molecular flexibility index (Phi) is 8.66. The number of rotatable bonds is 11. The Morgan fingerprint density at radius 1 is 1.24 bits per heavy atom. The molecule has 1 N–H and O–H groups in total. The molecule has 1 aromatic rings. The van der Waals surface area contributed by atoms with Crippen molar-refractivity contribution in [2.24, 2.45) is 5.92 Å². The summed E-state index contributed by atoms with van der Waals surface area (Å²) in [5.74, 6) is 1.79. The van der Waals surface area contributed by atoms with Crippen molar-refractivity contribution in [2.45, 2.75) is 40.3 Å². The zero-order chi connectivity index (χ0) is 15.7. The molecular weight excluding hydrogens is 262 g/mol. The molecule has 0 fully saturated rings. The highest BCUT2D eigenvalue weighted by Gasteiger charge is 2.11. The fraction of sp³-hybridized carbons (Fsp3) is 0.765. The van der Waals surface area contributed by atoms with Gasteiger partial charge in [0.2, 0.25) is 0 Å². The standard InChI is InChI=1S/C17H33N3O/c1-6-20(10-7-9-19(4)5)14-17-16(8-11-21-17)13-18-12-15(2)3/h8,11,15,18H,6-7,9-10,12-14H2,1-5H3. The van der Waals surface area contributed by atoms with E-state index in [0.717, 1.165) is 45.0 Å². The van der Waals surface area contributed by atoms with E-state index in [0.29, 0.717) is 5.92 Å². The van der Waals surface area contributed by atoms with Crippen LogP contribution in [0, 0.1) is 5.92 Å². The van der Waals surface area contributed by atoms with Crippen LogP contribution < -0.4 is 5.32 Å². The summed E-state index contributed by atoms with van der Waals surface area (Å²) in [7, 11) is 4.25. The summed E-state index contributed by atoms with van der Waals surface area (Å²) in [6.07, 6.45) is 3.01. The summed E-state index contributed by atoms with van der Waals surface area (Å²) in [6.45, 7) is 12.9. The molecule has 0 aliphatic heterocycles. The average Bonchev–Trinajstić information content (AvgIpc) is 2.84. The SMILES string of the molecule is CCN(CCCN(C)C)Cc1occc1CNCC(C)C. The van der Waals surface area contributed by atoms with Gasteiger partial charge in [-0.2, -0.15) is 0 Å². The first-order valence-corrected chi connectivity index (χ1v) is 8.16. The Labute approximate surface area is 130 Å². The molecule has 0 bridgehead atoms. The van der Waals surface area contributed by atoms with Gasteiger partial charge >= 0.3 is 0 Å². The molecule has 0 saturated carbocycles. The summed E-state index contributed by atoms with van der Waals surface area (Å²) >= 11 is 0. The van der Waals surface area contributed by atoms with Gasteiger partial charge in [0.15, 0.2) is 0 Å². The zero-order valence-electron chi connectivity index (χ0n) is 14.5. The van der Waals surface area contributed by atoms with Crippen LogP contribution in [0.4, 0.5) is 0 Å². The van der Waals surface area contributed by atoms with Crippen LogP contribution in [-0.4, -0.2) is 50.1 Å². The third-order valence-corrected chi connectivity index (χ3v) is 3.60. The number of hydrogen-bond donors (Lipinski definition) is 1. The summed E-state index contributed by atoms with van der Waals surface area (Å²) in [6, 6.07) is 2.09. The largest absolute Gasteiger partial charge is 0.468 e. The van der Waals surface area contributed by atoms with E-state index < -0.39 is 0 Å². The lowest BCUT2D eigenvalue weighted by Crippen LogP contribution is -2.27. The number of furan rings is 1. The molecule has 0 aliphatic carbocycles. The minimum Gasteiger partial charge on any atom is -0.468 e. The van der Waals surface area contributed by atoms with Crippen LogP contribution in [0.15, 0.2) is 16.7 Å². The van der Waals surface area contributed by atoms with Gasteiger partial charge in [-0.25, -0.2) is 0 Å². The van der Waals surface area contributed by atoms with Gasteiger partial charge < -0.3 is 14.6 Å². The van der Waals surface area contributed by atoms with Gasteiger partial charge in [0.25, 0.3) is 0 Å². The molecule has 4 nitrogen and oxygen atoms in total. The molecule has 4 heteroatoms. The van der Waals surface area contributed by atoms with Crippen molar-refractivity contribution < 1.29 is 4.42 Å². The molecule has 0 saturated heterocycles. The zero-order valence-corrected chi connectivity index (χ0v) is 14.5. The minimum absolute atomic E-state index is 0.679. The van der Waals surface area contributed by atoms with E-state index in [4.69, 9.17) is 4.42 Å². The van der Waals surface area contributed by atoms with Crippen LogP contribution in [0.5, 0.6) is 0 Å². The van der Waals surface area contributed by atoms with Crippen LogP contribution in [-0.2, 0) is 13.1 Å². The maximum absolute atomic E-state index is 5.69. The van der Waals surface area contributed by atoms with Gasteiger partial charge in [0.1, 0.15) is 5.76 Å². The summed E-state index contributed by atoms with van der Waals surface area (Å²) in [4.78, 5) is 4.69. The first-order chi connectivity index (χ1) is 10.0. The Morgan fingerprint density at radius 2 is 2.00 bits per heavy atom. The molecule has 0 aromatic carbocycles. The van der Waals surface area contributed by atoms with E-state index in [1.807, 2.05) is 6.26 Å². The van der Waals surface area contributed by atoms with Gasteiger partial charge in [-0.15, -0.1) is 0 Å². The Hall–Kier alpha value is -0.840. The van der Waals surface area contributed by atoms with Crippen molar-refractivity contribution in [3.8, 4) is 0 Å². The van der Waals surface area contributed by atoms with Gasteiger partial charge in [0.05, 0.1) is 12.8 Å². The second kappa shape index (κ2) is 9.98. The summed E-state index contributed by atoms with van der Waals surface area (Å²) < 4.78 is 5.69. The van der Waals surface area contributed by atoms with Crippen molar-refractivity contribution in [1.29, 1.82) is 0 Å². The van der Waals surface area contributed by atoms with Crippen molar-refractivity contribution in [2.75, 3.05) is 40.3 Å². The second-order valence-electron chi connectivity index (χ2n) is 6.42. The molecule has 0 aliphatic rings. The molecule has 1 heterocycles. The molecule has 1 aromatic heterocycles. The molecular formula is C17H33N3O. The van der Waals surface area contributed by atoms with Crippen molar-refractivity contribution >= 4 is 0 Å². The van der Waals surface area contributed by atoms with Crippen LogP contribution >= 0.6 is 0 Å². The minimum atomic E-state index is 0.679. The molecule has 0 unspecified atom stereocenters. The van der Waals surface area contributed by atoms with Gasteiger partial charge in [-0.3, -0.25) is 4.90 Å². The first-order valence-electron chi connectivity index (χ1n) is 8.16. The third-order valence-electron chi connectivity index (χ3n) is 3.60. The predicted molar refractivity (Wildman–Crippen MR) is 89.4 cm³/mol. The van der Waals surface area contributed by atoms with E-state index in [2.05, 4.69) is 56.0 Å². The third kappa shape index (κ3) is 7.65. The Balaban J connectivity index is 2.42. The fourth-order valence-corrected chi connectivity index (χ4v) is 2.32. The number of nitrogens with zero attached hydrogens (tertiary/aromatic N) is 2. The average molecular weight is 295 g/mol. The van der Waals surface area contributed by atoms with Crippen LogP contribution in [0.1, 0.15) is 38.5 Å². The highest BCUT2D eigenvalue weighted by molar-refractivity contribution is 5.16. The van der Waals surface area contributed by atoms with Crippen molar-refractivity contribution in [1.82, 2.24) is 15.1 Å². The number of nitrogens with one attached hydrogen (secondary N) is 1. The van der Waals surface area contributed by atoms with E-state index >= 15 is 0 Å². The molecule has 122 valence electrons. The monoisotopic (exact) mass is 295 g/mol. The van der Waals surface area contributed by atoms with Gasteiger partial charge in [-0.05, 0) is 58.7 Å². The molecule has 0 radical (unpaired) electrons. The fourth-order valence-electron chi connectivity index (χ4n) is 2.32. The smallest absolute Gasteiger partial charge is 0.122 e. The maximum atomic E-state index is 5.69. The Bertz CT molecular complexity index is 374. The summed E-state index contributed by atoms with van der Waals surface area (Å²) in [5.41, 5.74) is 1.29. The van der Waals surface area contributed by atoms with E-state index in [1.54, 1.807) is 0 Å². The molecule has 21 heavy (non-hydrogen) atoms. The lowest BCUT2D eigenvalue weighted by molar-refractivity contribution is 0.239. The summed E-state index contributed by atoms with van der Waals surface area (Å²) in [5, 5.41) is 3.49. The lowest BCUT2D eigenvalue weighted by Gasteiger charge is -2.21. The predicted octanol–water partition coefficient (Wildman–Crippen LogP) is 2.80. The molecule has 0 amide bonds. The quantitative estimate of drug-likeness (QED) is 0.680. The number of hydrogen-bond acceptors (Lipinski definition) is 4. The van der Waals surface area contributed by atoms with Gasteiger partial charge in [0, 0.05) is 12.1 Å². The Morgan fingerprint density at radius 3 is 2.62 bits per heavy atom. The molecule has 1 rings (SSSR count). The maximum Gasteiger partial charge on any atom is 0.122 e. The first kappa shape index (κ1) is 18.2. The van der Waals surface area contributed by atoms with Crippen molar-refractivity contribution in [3.63, 3.8) is 0 Å². The van der Waals surface area contributed by atoms with E-state index in [1.165, 1.54) is 12.0 Å². The van der Waals surface area contributed by atoms with E-state index in [9.17, 15) is 0 Å². The van der Waals surface area contributed by atoms with Gasteiger partial charge in [-0.1, -0.05) is 20.8 Å². The van der Waals surface area contributed by atoms with Crippen molar-refractivity contribution in [3.05, 3.63) is 23.7 Å². The highest BCUT2D eigenvalue weighted by atomic mass is 16.3. The topological polar surface area (TPSA) is 31.6 Å². The second-order valence-corrected chi connectivity index (χ2v) is 6.42. The molecule has 0 atom stereocenters. The van der Waals surface area contributed by atoms with Crippen LogP contribution in [0.2, 0.25) is 0 Å². The van der Waals surface area contributed by atoms with Crippen LogP contribution in [0.25, 0.3) is 0 Å². The molecule has 0 spiro atoms. The normalized spacial score (nSPS) is 12.0. The van der Waals surface area contributed by atoms with E-state index in [-0.39, 0.29) is 0 Å².